The van der Waals surface area contributed by atoms with Gasteiger partial charge in [0, 0.05) is 6.54 Å². The van der Waals surface area contributed by atoms with Gasteiger partial charge in [-0.3, -0.25) is 4.79 Å². The Hall–Kier alpha value is -1.55. The molecule has 76 valence electrons. The van der Waals surface area contributed by atoms with Crippen molar-refractivity contribution in [1.29, 1.82) is 0 Å². The molecule has 3 N–H and O–H groups in total. The van der Waals surface area contributed by atoms with Crippen molar-refractivity contribution in [3.05, 3.63) is 29.8 Å². The fourth-order valence-electron chi connectivity index (χ4n) is 1.22. The molecule has 0 radical (unpaired) electrons. The van der Waals surface area contributed by atoms with Gasteiger partial charge in [0.25, 0.3) is 0 Å². The van der Waals surface area contributed by atoms with Crippen LogP contribution in [0.4, 0.5) is 0 Å². The van der Waals surface area contributed by atoms with Crippen LogP contribution in [0.25, 0.3) is 0 Å². The highest BCUT2D eigenvalue weighted by atomic mass is 16.5. The maximum Gasteiger partial charge on any atom is 0.312 e. The van der Waals surface area contributed by atoms with Gasteiger partial charge in [-0.2, -0.15) is 0 Å². The van der Waals surface area contributed by atoms with Gasteiger partial charge in [0.15, 0.2) is 0 Å². The zero-order valence-corrected chi connectivity index (χ0v) is 7.93. The van der Waals surface area contributed by atoms with Crippen LogP contribution in [-0.2, 0) is 4.79 Å². The van der Waals surface area contributed by atoms with Crippen LogP contribution in [0, 0.1) is 0 Å². The maximum absolute atomic E-state index is 10.8. The van der Waals surface area contributed by atoms with Gasteiger partial charge in [0.2, 0.25) is 0 Å². The summed E-state index contributed by atoms with van der Waals surface area (Å²) in [6.45, 7) is 0.0989. The Morgan fingerprint density at radius 1 is 1.50 bits per heavy atom. The van der Waals surface area contributed by atoms with E-state index in [4.69, 9.17) is 15.6 Å². The van der Waals surface area contributed by atoms with Crippen molar-refractivity contribution in [2.75, 3.05) is 13.7 Å². The number of benzene rings is 1. The lowest BCUT2D eigenvalue weighted by atomic mass is 9.99. The molecule has 0 saturated carbocycles. The highest BCUT2D eigenvalue weighted by Gasteiger charge is 2.17. The molecule has 0 fully saturated rings. The van der Waals surface area contributed by atoms with Gasteiger partial charge in [-0.05, 0) is 17.7 Å². The molecule has 0 aliphatic rings. The molecule has 0 spiro atoms. The lowest BCUT2D eigenvalue weighted by molar-refractivity contribution is -0.138. The molecule has 4 nitrogen and oxygen atoms in total. The van der Waals surface area contributed by atoms with Gasteiger partial charge in [0.05, 0.1) is 13.0 Å². The third-order valence-electron chi connectivity index (χ3n) is 2.05. The first-order valence-corrected chi connectivity index (χ1v) is 4.26. The summed E-state index contributed by atoms with van der Waals surface area (Å²) in [7, 11) is 1.56. The number of methoxy groups -OCH3 is 1. The maximum atomic E-state index is 10.8. The average Bonchev–Trinajstić information content (AvgIpc) is 2.19. The van der Waals surface area contributed by atoms with Crippen LogP contribution >= 0.6 is 0 Å². The van der Waals surface area contributed by atoms with E-state index in [1.807, 2.05) is 0 Å². The Bertz CT molecular complexity index is 308. The molecule has 0 amide bonds. The van der Waals surface area contributed by atoms with E-state index in [0.29, 0.717) is 11.3 Å². The van der Waals surface area contributed by atoms with E-state index in [0.717, 1.165) is 0 Å². The summed E-state index contributed by atoms with van der Waals surface area (Å²) in [5.74, 6) is -0.839. The molecule has 1 atom stereocenters. The third-order valence-corrected chi connectivity index (χ3v) is 2.05. The molecular weight excluding hydrogens is 182 g/mol. The molecule has 1 aromatic carbocycles. The van der Waals surface area contributed by atoms with Crippen molar-refractivity contribution in [1.82, 2.24) is 0 Å². The van der Waals surface area contributed by atoms with Gasteiger partial charge in [0.1, 0.15) is 5.75 Å². The standard InChI is InChI=1S/C10H13NO3/c1-14-8-4-2-7(3-5-8)9(6-11)10(12)13/h2-5,9H,6,11H2,1H3,(H,12,13)/t9-/m0/s1. The van der Waals surface area contributed by atoms with Crippen molar-refractivity contribution in [3.63, 3.8) is 0 Å². The molecule has 0 heterocycles. The monoisotopic (exact) mass is 195 g/mol. The highest BCUT2D eigenvalue weighted by molar-refractivity contribution is 5.76. The second kappa shape index (κ2) is 4.62. The number of aliphatic carboxylic acids is 1. The Morgan fingerprint density at radius 3 is 2.43 bits per heavy atom. The van der Waals surface area contributed by atoms with Crippen LogP contribution in [0.1, 0.15) is 11.5 Å². The van der Waals surface area contributed by atoms with Crippen molar-refractivity contribution in [2.24, 2.45) is 5.73 Å². The Labute approximate surface area is 82.3 Å². The fourth-order valence-corrected chi connectivity index (χ4v) is 1.22. The number of carboxylic acid groups (broad SMARTS) is 1. The van der Waals surface area contributed by atoms with Gasteiger partial charge in [-0.15, -0.1) is 0 Å². The summed E-state index contributed by atoms with van der Waals surface area (Å²) >= 11 is 0. The summed E-state index contributed by atoms with van der Waals surface area (Å²) in [6.07, 6.45) is 0. The topological polar surface area (TPSA) is 72.5 Å². The van der Waals surface area contributed by atoms with Crippen molar-refractivity contribution in [3.8, 4) is 5.75 Å². The van der Waals surface area contributed by atoms with E-state index >= 15 is 0 Å². The van der Waals surface area contributed by atoms with E-state index in [1.165, 1.54) is 0 Å². The molecule has 1 rings (SSSR count). The number of rotatable bonds is 4. The van der Waals surface area contributed by atoms with Crippen LogP contribution in [0.15, 0.2) is 24.3 Å². The first-order valence-electron chi connectivity index (χ1n) is 4.26. The lowest BCUT2D eigenvalue weighted by Crippen LogP contribution is -2.20. The lowest BCUT2D eigenvalue weighted by Gasteiger charge is -2.10. The molecule has 4 heteroatoms. The van der Waals surface area contributed by atoms with E-state index in [1.54, 1.807) is 31.4 Å². The minimum atomic E-state index is -0.905. The second-order valence-electron chi connectivity index (χ2n) is 2.90. The molecule has 0 saturated heterocycles. The van der Waals surface area contributed by atoms with Crippen molar-refractivity contribution < 1.29 is 14.6 Å². The molecule has 0 bridgehead atoms. The zero-order valence-electron chi connectivity index (χ0n) is 7.93. The van der Waals surface area contributed by atoms with Gasteiger partial charge >= 0.3 is 5.97 Å². The third kappa shape index (κ3) is 2.23. The number of ether oxygens (including phenoxy) is 1. The molecule has 0 aliphatic carbocycles. The number of hydrogen-bond donors (Lipinski definition) is 2. The Kier molecular flexibility index (Phi) is 3.48. The number of carbonyl (C=O) groups is 1. The predicted octanol–water partition coefficient (Wildman–Crippen LogP) is 0.822. The molecule has 14 heavy (non-hydrogen) atoms. The molecular formula is C10H13NO3. The number of carboxylic acids is 1. The summed E-state index contributed by atoms with van der Waals surface area (Å²) in [5, 5.41) is 8.84. The summed E-state index contributed by atoms with van der Waals surface area (Å²) in [6, 6.07) is 6.87. The van der Waals surface area contributed by atoms with Gasteiger partial charge in [-0.25, -0.2) is 0 Å². The first-order chi connectivity index (χ1) is 6.69. The number of nitrogens with two attached hydrogens (primary N) is 1. The molecule has 0 aromatic heterocycles. The Balaban J connectivity index is 2.89. The minimum absolute atomic E-state index is 0.0989. The van der Waals surface area contributed by atoms with E-state index in [2.05, 4.69) is 0 Å². The molecule has 1 aromatic rings. The van der Waals surface area contributed by atoms with Crippen LogP contribution in [-0.4, -0.2) is 24.7 Å². The minimum Gasteiger partial charge on any atom is -0.497 e. The second-order valence-corrected chi connectivity index (χ2v) is 2.90. The van der Waals surface area contributed by atoms with Crippen molar-refractivity contribution in [2.45, 2.75) is 5.92 Å². The van der Waals surface area contributed by atoms with E-state index in [-0.39, 0.29) is 6.54 Å². The van der Waals surface area contributed by atoms with E-state index in [9.17, 15) is 4.79 Å². The normalized spacial score (nSPS) is 12.1. The molecule has 0 aliphatic heterocycles. The van der Waals surface area contributed by atoms with Crippen LogP contribution < -0.4 is 10.5 Å². The number of hydrogen-bond acceptors (Lipinski definition) is 3. The van der Waals surface area contributed by atoms with Crippen molar-refractivity contribution >= 4 is 5.97 Å². The highest BCUT2D eigenvalue weighted by Crippen LogP contribution is 2.18. The quantitative estimate of drug-likeness (QED) is 0.746. The van der Waals surface area contributed by atoms with Gasteiger partial charge in [-0.1, -0.05) is 12.1 Å². The van der Waals surface area contributed by atoms with E-state index < -0.39 is 11.9 Å². The zero-order chi connectivity index (χ0) is 10.6. The van der Waals surface area contributed by atoms with Gasteiger partial charge < -0.3 is 15.6 Å². The largest absolute Gasteiger partial charge is 0.497 e. The average molecular weight is 195 g/mol. The predicted molar refractivity (Wildman–Crippen MR) is 52.4 cm³/mol. The van der Waals surface area contributed by atoms with Crippen LogP contribution in [0.3, 0.4) is 0 Å². The fraction of sp³-hybridized carbons (Fsp3) is 0.300. The van der Waals surface area contributed by atoms with Crippen LogP contribution in [0.2, 0.25) is 0 Å². The summed E-state index contributed by atoms with van der Waals surface area (Å²) in [4.78, 5) is 10.8. The SMILES string of the molecule is COc1ccc([C@H](CN)C(=O)O)cc1. The first kappa shape index (κ1) is 10.5. The Morgan fingerprint density at radius 2 is 2.07 bits per heavy atom. The smallest absolute Gasteiger partial charge is 0.312 e. The molecule has 0 unspecified atom stereocenters. The summed E-state index contributed by atoms with van der Waals surface area (Å²) < 4.78 is 4.96. The van der Waals surface area contributed by atoms with Crippen LogP contribution in [0.5, 0.6) is 5.75 Å². The summed E-state index contributed by atoms with van der Waals surface area (Å²) in [5.41, 5.74) is 6.06.